The lowest BCUT2D eigenvalue weighted by molar-refractivity contribution is -0.140. The van der Waals surface area contributed by atoms with Gasteiger partial charge in [0, 0.05) is 5.57 Å². The Morgan fingerprint density at radius 3 is 2.26 bits per heavy atom. The van der Waals surface area contributed by atoms with E-state index in [-0.39, 0.29) is 18.5 Å². The molecule has 0 saturated carbocycles. The van der Waals surface area contributed by atoms with Crippen molar-refractivity contribution in [3.8, 4) is 0 Å². The van der Waals surface area contributed by atoms with Crippen LogP contribution in [0.3, 0.4) is 0 Å². The maximum Gasteiger partial charge on any atom is 0.337 e. The number of ether oxygens (including phenoxy) is 2. The zero-order chi connectivity index (χ0) is 16.7. The van der Waals surface area contributed by atoms with Crippen molar-refractivity contribution in [1.29, 1.82) is 0 Å². The highest BCUT2D eigenvalue weighted by molar-refractivity contribution is 5.93. The molecule has 0 unspecified atom stereocenters. The molecule has 0 atom stereocenters. The third-order valence-electron chi connectivity index (χ3n) is 3.25. The van der Waals surface area contributed by atoms with Crippen LogP contribution >= 0.6 is 0 Å². The molecule has 2 aromatic carbocycles. The highest BCUT2D eigenvalue weighted by Crippen LogP contribution is 2.11. The molecule has 0 heterocycles. The molecule has 0 fully saturated rings. The Labute approximate surface area is 135 Å². The lowest BCUT2D eigenvalue weighted by atomic mass is 10.1. The Hall–Kier alpha value is -2.88. The molecule has 4 nitrogen and oxygen atoms in total. The summed E-state index contributed by atoms with van der Waals surface area (Å²) in [5, 5.41) is 0. The lowest BCUT2D eigenvalue weighted by Gasteiger charge is -2.05. The quantitative estimate of drug-likeness (QED) is 0.625. The van der Waals surface area contributed by atoms with Crippen LogP contribution in [-0.2, 0) is 20.9 Å². The molecule has 2 rings (SSSR count). The molecule has 0 aliphatic rings. The molecule has 0 spiro atoms. The highest BCUT2D eigenvalue weighted by atomic mass is 16.5. The molecule has 2 aromatic rings. The van der Waals surface area contributed by atoms with Crippen LogP contribution in [0.2, 0.25) is 0 Å². The lowest BCUT2D eigenvalue weighted by Crippen LogP contribution is -2.05. The van der Waals surface area contributed by atoms with Crippen molar-refractivity contribution in [3.05, 3.63) is 76.9 Å². The Balaban J connectivity index is 1.98. The first-order valence-electron chi connectivity index (χ1n) is 7.18. The molecule has 0 aromatic heterocycles. The minimum Gasteiger partial charge on any atom is -0.465 e. The zero-order valence-corrected chi connectivity index (χ0v) is 13.1. The average Bonchev–Trinajstić information content (AvgIpc) is 2.60. The van der Waals surface area contributed by atoms with Crippen LogP contribution in [0.4, 0.5) is 0 Å². The molecule has 0 amide bonds. The molecule has 0 aliphatic carbocycles. The Kier molecular flexibility index (Phi) is 5.69. The first kappa shape index (κ1) is 16.5. The predicted molar refractivity (Wildman–Crippen MR) is 87.7 cm³/mol. The second kappa shape index (κ2) is 7.94. The molecule has 0 radical (unpaired) electrons. The summed E-state index contributed by atoms with van der Waals surface area (Å²) >= 11 is 0. The number of methoxy groups -OCH3 is 1. The van der Waals surface area contributed by atoms with E-state index in [4.69, 9.17) is 4.74 Å². The van der Waals surface area contributed by atoms with E-state index in [0.29, 0.717) is 11.1 Å². The molecule has 23 heavy (non-hydrogen) atoms. The summed E-state index contributed by atoms with van der Waals surface area (Å²) in [5.41, 5.74) is 2.71. The Bertz CT molecular complexity index is 700. The maximum atomic E-state index is 12.0. The number of carbonyl (C=O) groups excluding carboxylic acids is 2. The highest BCUT2D eigenvalue weighted by Gasteiger charge is 2.07. The number of carbonyl (C=O) groups is 2. The average molecular weight is 310 g/mol. The van der Waals surface area contributed by atoms with E-state index < -0.39 is 0 Å². The SMILES string of the molecule is COC(=O)c1ccc(/C=C(/C)C(=O)OCc2ccccc2)cc1. The van der Waals surface area contributed by atoms with E-state index in [1.54, 1.807) is 37.3 Å². The topological polar surface area (TPSA) is 52.6 Å². The Morgan fingerprint density at radius 2 is 1.65 bits per heavy atom. The summed E-state index contributed by atoms with van der Waals surface area (Å²) < 4.78 is 9.90. The normalized spacial score (nSPS) is 11.0. The van der Waals surface area contributed by atoms with Gasteiger partial charge in [0.1, 0.15) is 6.61 Å². The summed E-state index contributed by atoms with van der Waals surface area (Å²) in [7, 11) is 1.34. The van der Waals surface area contributed by atoms with Crippen LogP contribution in [0.1, 0.15) is 28.4 Å². The fourth-order valence-electron chi connectivity index (χ4n) is 1.98. The molecular formula is C19H18O4. The summed E-state index contributed by atoms with van der Waals surface area (Å²) in [4.78, 5) is 23.3. The second-order valence-electron chi connectivity index (χ2n) is 5.00. The molecule has 0 bridgehead atoms. The van der Waals surface area contributed by atoms with Crippen molar-refractivity contribution in [2.75, 3.05) is 7.11 Å². The molecule has 118 valence electrons. The van der Waals surface area contributed by atoms with Crippen molar-refractivity contribution in [3.63, 3.8) is 0 Å². The van der Waals surface area contributed by atoms with Gasteiger partial charge in [-0.3, -0.25) is 0 Å². The van der Waals surface area contributed by atoms with Crippen LogP contribution in [0, 0.1) is 0 Å². The van der Waals surface area contributed by atoms with Gasteiger partial charge in [-0.05, 0) is 36.3 Å². The largest absolute Gasteiger partial charge is 0.465 e. The standard InChI is InChI=1S/C19H18O4/c1-14(18(20)23-13-16-6-4-3-5-7-16)12-15-8-10-17(11-9-15)19(21)22-2/h3-12H,13H2,1-2H3/b14-12-. The van der Waals surface area contributed by atoms with E-state index in [9.17, 15) is 9.59 Å². The molecule has 0 N–H and O–H groups in total. The van der Waals surface area contributed by atoms with Gasteiger partial charge in [0.15, 0.2) is 0 Å². The van der Waals surface area contributed by atoms with Gasteiger partial charge in [-0.2, -0.15) is 0 Å². The van der Waals surface area contributed by atoms with Gasteiger partial charge in [-0.15, -0.1) is 0 Å². The fraction of sp³-hybridized carbons (Fsp3) is 0.158. The minimum atomic E-state index is -0.389. The maximum absolute atomic E-state index is 12.0. The van der Waals surface area contributed by atoms with Crippen molar-refractivity contribution < 1.29 is 19.1 Å². The summed E-state index contributed by atoms with van der Waals surface area (Å²) in [6.45, 7) is 1.94. The fourth-order valence-corrected chi connectivity index (χ4v) is 1.98. The molecule has 0 aliphatic heterocycles. The zero-order valence-electron chi connectivity index (χ0n) is 13.1. The van der Waals surface area contributed by atoms with Crippen LogP contribution in [0.5, 0.6) is 0 Å². The van der Waals surface area contributed by atoms with Crippen molar-refractivity contribution in [2.45, 2.75) is 13.5 Å². The van der Waals surface area contributed by atoms with Crippen LogP contribution in [-0.4, -0.2) is 19.0 Å². The van der Waals surface area contributed by atoms with E-state index in [1.165, 1.54) is 7.11 Å². The molecule has 0 saturated heterocycles. The van der Waals surface area contributed by atoms with E-state index in [2.05, 4.69) is 4.74 Å². The van der Waals surface area contributed by atoms with E-state index in [1.807, 2.05) is 30.3 Å². The Morgan fingerprint density at radius 1 is 1.00 bits per heavy atom. The monoisotopic (exact) mass is 310 g/mol. The molecule has 4 heteroatoms. The first-order valence-corrected chi connectivity index (χ1v) is 7.18. The summed E-state index contributed by atoms with van der Waals surface area (Å²) in [6, 6.07) is 16.3. The summed E-state index contributed by atoms with van der Waals surface area (Å²) in [6.07, 6.45) is 1.72. The van der Waals surface area contributed by atoms with Gasteiger partial charge in [-0.25, -0.2) is 9.59 Å². The number of hydrogen-bond acceptors (Lipinski definition) is 4. The third kappa shape index (κ3) is 4.81. The van der Waals surface area contributed by atoms with Crippen LogP contribution in [0.15, 0.2) is 60.2 Å². The number of hydrogen-bond donors (Lipinski definition) is 0. The predicted octanol–water partition coefficient (Wildman–Crippen LogP) is 3.62. The van der Waals surface area contributed by atoms with E-state index in [0.717, 1.165) is 11.1 Å². The van der Waals surface area contributed by atoms with E-state index >= 15 is 0 Å². The van der Waals surface area contributed by atoms with Crippen molar-refractivity contribution >= 4 is 18.0 Å². The van der Waals surface area contributed by atoms with Gasteiger partial charge < -0.3 is 9.47 Å². The number of esters is 2. The van der Waals surface area contributed by atoms with Gasteiger partial charge >= 0.3 is 11.9 Å². The van der Waals surface area contributed by atoms with Gasteiger partial charge in [0.05, 0.1) is 12.7 Å². The molecular weight excluding hydrogens is 292 g/mol. The second-order valence-corrected chi connectivity index (χ2v) is 5.00. The third-order valence-corrected chi connectivity index (χ3v) is 3.25. The van der Waals surface area contributed by atoms with Gasteiger partial charge in [0.2, 0.25) is 0 Å². The minimum absolute atomic E-state index is 0.242. The van der Waals surface area contributed by atoms with Crippen molar-refractivity contribution in [1.82, 2.24) is 0 Å². The first-order chi connectivity index (χ1) is 11.1. The van der Waals surface area contributed by atoms with Gasteiger partial charge in [-0.1, -0.05) is 42.5 Å². The van der Waals surface area contributed by atoms with Crippen molar-refractivity contribution in [2.24, 2.45) is 0 Å². The number of benzene rings is 2. The number of rotatable bonds is 5. The smallest absolute Gasteiger partial charge is 0.337 e. The van der Waals surface area contributed by atoms with Crippen LogP contribution in [0.25, 0.3) is 6.08 Å². The summed E-state index contributed by atoms with van der Waals surface area (Å²) in [5.74, 6) is -0.759. The van der Waals surface area contributed by atoms with Gasteiger partial charge in [0.25, 0.3) is 0 Å². The van der Waals surface area contributed by atoms with Crippen LogP contribution < -0.4 is 0 Å².